The van der Waals surface area contributed by atoms with E-state index < -0.39 is 9.84 Å². The number of sulfone groups is 1. The molecule has 0 radical (unpaired) electrons. The van der Waals surface area contributed by atoms with Crippen molar-refractivity contribution in [3.63, 3.8) is 0 Å². The number of nitrogens with one attached hydrogen (secondary N) is 1. The zero-order valence-electron chi connectivity index (χ0n) is 9.16. The normalized spacial score (nSPS) is 32.5. The zero-order valence-corrected chi connectivity index (χ0v) is 9.98. The molecular formula is C10H19NO3S. The molecule has 2 saturated heterocycles. The van der Waals surface area contributed by atoms with Crippen molar-refractivity contribution in [2.75, 3.05) is 32.1 Å². The smallest absolute Gasteiger partial charge is 0.154 e. The van der Waals surface area contributed by atoms with Gasteiger partial charge in [0.1, 0.15) is 0 Å². The predicted molar refractivity (Wildman–Crippen MR) is 58.6 cm³/mol. The fourth-order valence-electron chi connectivity index (χ4n) is 2.17. The molecule has 88 valence electrons. The Morgan fingerprint density at radius 3 is 2.67 bits per heavy atom. The largest absolute Gasteiger partial charge is 0.380 e. The van der Waals surface area contributed by atoms with Crippen molar-refractivity contribution >= 4 is 9.84 Å². The SMILES string of the molecule is CC1(CNCC2CCCS2(=O)=O)COC1. The van der Waals surface area contributed by atoms with E-state index >= 15 is 0 Å². The fraction of sp³-hybridized carbons (Fsp3) is 1.00. The van der Waals surface area contributed by atoms with Crippen molar-refractivity contribution < 1.29 is 13.2 Å². The van der Waals surface area contributed by atoms with E-state index in [0.29, 0.717) is 12.3 Å². The van der Waals surface area contributed by atoms with Crippen LogP contribution >= 0.6 is 0 Å². The van der Waals surface area contributed by atoms with E-state index in [1.54, 1.807) is 0 Å². The second kappa shape index (κ2) is 4.03. The van der Waals surface area contributed by atoms with Gasteiger partial charge in [-0.25, -0.2) is 8.42 Å². The van der Waals surface area contributed by atoms with Crippen molar-refractivity contribution in [2.45, 2.75) is 25.0 Å². The van der Waals surface area contributed by atoms with Gasteiger partial charge in [-0.2, -0.15) is 0 Å². The molecule has 2 rings (SSSR count). The molecule has 4 nitrogen and oxygen atoms in total. The van der Waals surface area contributed by atoms with Crippen LogP contribution in [-0.2, 0) is 14.6 Å². The van der Waals surface area contributed by atoms with Gasteiger partial charge in [0.2, 0.25) is 0 Å². The van der Waals surface area contributed by atoms with Crippen molar-refractivity contribution in [3.05, 3.63) is 0 Å². The molecule has 1 N–H and O–H groups in total. The molecule has 0 aromatic carbocycles. The topological polar surface area (TPSA) is 55.4 Å². The zero-order chi connectivity index (χ0) is 10.9. The summed E-state index contributed by atoms with van der Waals surface area (Å²) in [5.74, 6) is 0.375. The number of hydrogen-bond acceptors (Lipinski definition) is 4. The van der Waals surface area contributed by atoms with Crippen molar-refractivity contribution in [1.82, 2.24) is 5.32 Å². The molecule has 0 bridgehead atoms. The predicted octanol–water partition coefficient (Wildman–Crippen LogP) is 0.190. The van der Waals surface area contributed by atoms with Crippen LogP contribution < -0.4 is 5.32 Å². The first kappa shape index (κ1) is 11.4. The Hall–Kier alpha value is -0.130. The van der Waals surface area contributed by atoms with Crippen LogP contribution in [0.2, 0.25) is 0 Å². The van der Waals surface area contributed by atoms with Gasteiger partial charge in [0.15, 0.2) is 9.84 Å². The van der Waals surface area contributed by atoms with Crippen LogP contribution in [0.15, 0.2) is 0 Å². The quantitative estimate of drug-likeness (QED) is 0.753. The molecule has 0 saturated carbocycles. The summed E-state index contributed by atoms with van der Waals surface area (Å²) < 4.78 is 28.2. The van der Waals surface area contributed by atoms with Crippen LogP contribution in [0.25, 0.3) is 0 Å². The molecule has 1 unspecified atom stereocenters. The lowest BCUT2D eigenvalue weighted by Crippen LogP contribution is -2.48. The number of rotatable bonds is 4. The fourth-order valence-corrected chi connectivity index (χ4v) is 3.97. The van der Waals surface area contributed by atoms with E-state index in [0.717, 1.165) is 32.6 Å². The number of ether oxygens (including phenoxy) is 1. The molecule has 2 aliphatic rings. The molecule has 0 aliphatic carbocycles. The second-order valence-electron chi connectivity index (χ2n) is 5.07. The van der Waals surface area contributed by atoms with Gasteiger partial charge < -0.3 is 10.1 Å². The third-order valence-corrected chi connectivity index (χ3v) is 5.56. The summed E-state index contributed by atoms with van der Waals surface area (Å²) >= 11 is 0. The van der Waals surface area contributed by atoms with Gasteiger partial charge in [-0.15, -0.1) is 0 Å². The maximum absolute atomic E-state index is 11.5. The van der Waals surface area contributed by atoms with Crippen LogP contribution in [0, 0.1) is 5.41 Å². The molecule has 0 aromatic rings. The Kier molecular flexibility index (Phi) is 3.05. The standard InChI is InChI=1S/C10H19NO3S/c1-10(7-14-8-10)6-11-5-9-3-2-4-15(9,12)13/h9,11H,2-8H2,1H3. The van der Waals surface area contributed by atoms with Gasteiger partial charge >= 0.3 is 0 Å². The van der Waals surface area contributed by atoms with Crippen LogP contribution in [0.5, 0.6) is 0 Å². The summed E-state index contributed by atoms with van der Waals surface area (Å²) in [6.45, 7) is 5.21. The van der Waals surface area contributed by atoms with Gasteiger partial charge in [-0.05, 0) is 12.8 Å². The van der Waals surface area contributed by atoms with E-state index in [1.165, 1.54) is 0 Å². The van der Waals surface area contributed by atoms with Gasteiger partial charge in [0.05, 0.1) is 24.2 Å². The van der Waals surface area contributed by atoms with Crippen molar-refractivity contribution in [3.8, 4) is 0 Å². The summed E-state index contributed by atoms with van der Waals surface area (Å²) in [6, 6.07) is 0. The highest BCUT2D eigenvalue weighted by molar-refractivity contribution is 7.92. The van der Waals surface area contributed by atoms with Crippen LogP contribution in [0.1, 0.15) is 19.8 Å². The van der Waals surface area contributed by atoms with E-state index in [9.17, 15) is 8.42 Å². The van der Waals surface area contributed by atoms with E-state index in [2.05, 4.69) is 12.2 Å². The minimum absolute atomic E-state index is 0.151. The Bertz CT molecular complexity index is 322. The lowest BCUT2D eigenvalue weighted by atomic mass is 9.89. The minimum atomic E-state index is -2.79. The summed E-state index contributed by atoms with van der Waals surface area (Å²) in [6.07, 6.45) is 1.65. The first-order valence-electron chi connectivity index (χ1n) is 5.52. The highest BCUT2D eigenvalue weighted by Crippen LogP contribution is 2.25. The van der Waals surface area contributed by atoms with E-state index in [4.69, 9.17) is 4.74 Å². The van der Waals surface area contributed by atoms with Crippen LogP contribution in [0.3, 0.4) is 0 Å². The summed E-state index contributed by atoms with van der Waals surface area (Å²) in [5, 5.41) is 3.12. The van der Waals surface area contributed by atoms with E-state index in [-0.39, 0.29) is 10.7 Å². The van der Waals surface area contributed by atoms with Crippen molar-refractivity contribution in [1.29, 1.82) is 0 Å². The highest BCUT2D eigenvalue weighted by Gasteiger charge is 2.35. The molecule has 5 heteroatoms. The Balaban J connectivity index is 1.74. The van der Waals surface area contributed by atoms with Crippen LogP contribution in [-0.4, -0.2) is 45.7 Å². The summed E-state index contributed by atoms with van der Waals surface area (Å²) in [5.41, 5.74) is 0.225. The third kappa shape index (κ3) is 2.52. The van der Waals surface area contributed by atoms with E-state index in [1.807, 2.05) is 0 Å². The minimum Gasteiger partial charge on any atom is -0.380 e. The maximum Gasteiger partial charge on any atom is 0.154 e. The monoisotopic (exact) mass is 233 g/mol. The van der Waals surface area contributed by atoms with Gasteiger partial charge in [0.25, 0.3) is 0 Å². The van der Waals surface area contributed by atoms with Crippen molar-refractivity contribution in [2.24, 2.45) is 5.41 Å². The summed E-state index contributed by atoms with van der Waals surface area (Å²) in [7, 11) is -2.79. The molecule has 0 amide bonds. The Labute approximate surface area is 91.3 Å². The van der Waals surface area contributed by atoms with Gasteiger partial charge in [-0.3, -0.25) is 0 Å². The molecular weight excluding hydrogens is 214 g/mol. The van der Waals surface area contributed by atoms with Crippen LogP contribution in [0.4, 0.5) is 0 Å². The molecule has 1 atom stereocenters. The molecule has 2 heterocycles. The molecule has 15 heavy (non-hydrogen) atoms. The molecule has 0 spiro atoms. The van der Waals surface area contributed by atoms with Gasteiger partial charge in [-0.1, -0.05) is 6.92 Å². The molecule has 2 fully saturated rings. The molecule has 2 aliphatic heterocycles. The average molecular weight is 233 g/mol. The second-order valence-corrected chi connectivity index (χ2v) is 7.47. The number of hydrogen-bond donors (Lipinski definition) is 1. The lowest BCUT2D eigenvalue weighted by molar-refractivity contribution is -0.0989. The maximum atomic E-state index is 11.5. The third-order valence-electron chi connectivity index (χ3n) is 3.29. The lowest BCUT2D eigenvalue weighted by Gasteiger charge is -2.38. The highest BCUT2D eigenvalue weighted by atomic mass is 32.2. The summed E-state index contributed by atoms with van der Waals surface area (Å²) in [4.78, 5) is 0. The van der Waals surface area contributed by atoms with Gasteiger partial charge in [0, 0.05) is 18.5 Å². The first-order valence-corrected chi connectivity index (χ1v) is 7.23. The first-order chi connectivity index (χ1) is 7.02. The Morgan fingerprint density at radius 2 is 2.20 bits per heavy atom. The molecule has 0 aromatic heterocycles. The Morgan fingerprint density at radius 1 is 1.47 bits per heavy atom. The average Bonchev–Trinajstić information content (AvgIpc) is 2.43.